The van der Waals surface area contributed by atoms with Crippen LogP contribution in [0.2, 0.25) is 0 Å². The number of ether oxygens (including phenoxy) is 1. The molecule has 0 atom stereocenters. The summed E-state index contributed by atoms with van der Waals surface area (Å²) in [5.41, 5.74) is 7.58. The molecule has 0 aliphatic carbocycles. The number of nitrogens with two attached hydrogens (primary N) is 1. The number of nitrogens with one attached hydrogen (secondary N) is 2. The van der Waals surface area contributed by atoms with Crippen molar-refractivity contribution >= 4 is 17.3 Å². The van der Waals surface area contributed by atoms with Crippen LogP contribution in [0.25, 0.3) is 0 Å². The van der Waals surface area contributed by atoms with Crippen LogP contribution in [0.3, 0.4) is 0 Å². The maximum atomic E-state index is 11.5. The minimum absolute atomic E-state index is 0.263. The molecule has 0 spiro atoms. The zero-order valence-corrected chi connectivity index (χ0v) is 11.3. The summed E-state index contributed by atoms with van der Waals surface area (Å²) in [5.74, 6) is 0.853. The molecule has 0 aliphatic heterocycles. The van der Waals surface area contributed by atoms with Gasteiger partial charge in [-0.05, 0) is 18.2 Å². The van der Waals surface area contributed by atoms with Gasteiger partial charge in [-0.25, -0.2) is 0 Å². The molecule has 6 nitrogen and oxygen atoms in total. The predicted octanol–water partition coefficient (Wildman–Crippen LogP) is 1.86. The first-order valence-corrected chi connectivity index (χ1v) is 6.07. The van der Waals surface area contributed by atoms with Crippen LogP contribution in [0.4, 0.5) is 11.4 Å². The number of anilines is 2. The lowest BCUT2D eigenvalue weighted by atomic mass is 10.2. The molecule has 0 saturated heterocycles. The summed E-state index contributed by atoms with van der Waals surface area (Å²) in [6.07, 6.45) is 1.52. The highest BCUT2D eigenvalue weighted by molar-refractivity contribution is 5.92. The molecule has 0 bridgehead atoms. The maximum absolute atomic E-state index is 11.5. The highest BCUT2D eigenvalue weighted by atomic mass is 16.5. The highest BCUT2D eigenvalue weighted by Crippen LogP contribution is 2.27. The van der Waals surface area contributed by atoms with E-state index in [-0.39, 0.29) is 5.91 Å². The van der Waals surface area contributed by atoms with E-state index >= 15 is 0 Å². The Kier molecular flexibility index (Phi) is 4.05. The third-order valence-electron chi connectivity index (χ3n) is 2.72. The Bertz CT molecular complexity index is 628. The Morgan fingerprint density at radius 2 is 1.95 bits per heavy atom. The summed E-state index contributed by atoms with van der Waals surface area (Å²) in [4.78, 5) is 15.5. The summed E-state index contributed by atoms with van der Waals surface area (Å²) in [5, 5.41) is 5.49. The number of hydrogen-bond acceptors (Lipinski definition) is 5. The first kappa shape index (κ1) is 13.7. The molecular weight excluding hydrogens is 256 g/mol. The van der Waals surface area contributed by atoms with Crippen molar-refractivity contribution in [3.63, 3.8) is 0 Å². The van der Waals surface area contributed by atoms with Crippen molar-refractivity contribution in [2.75, 3.05) is 25.1 Å². The number of carbonyl (C=O) groups is 1. The predicted molar refractivity (Wildman–Crippen MR) is 78.1 cm³/mol. The molecule has 0 unspecified atom stereocenters. The zero-order chi connectivity index (χ0) is 14.5. The van der Waals surface area contributed by atoms with Gasteiger partial charge in [-0.2, -0.15) is 0 Å². The molecule has 1 aromatic heterocycles. The van der Waals surface area contributed by atoms with Gasteiger partial charge >= 0.3 is 0 Å². The van der Waals surface area contributed by atoms with Gasteiger partial charge in [-0.15, -0.1) is 0 Å². The lowest BCUT2D eigenvalue weighted by Gasteiger charge is -2.10. The van der Waals surface area contributed by atoms with E-state index in [1.165, 1.54) is 6.20 Å². The second-order valence-corrected chi connectivity index (χ2v) is 4.06. The van der Waals surface area contributed by atoms with Crippen molar-refractivity contribution in [1.29, 1.82) is 0 Å². The van der Waals surface area contributed by atoms with Crippen LogP contribution < -0.4 is 21.1 Å². The van der Waals surface area contributed by atoms with Gasteiger partial charge in [0, 0.05) is 32.4 Å². The third-order valence-corrected chi connectivity index (χ3v) is 2.72. The van der Waals surface area contributed by atoms with Gasteiger partial charge in [-0.3, -0.25) is 9.78 Å². The Labute approximate surface area is 117 Å². The summed E-state index contributed by atoms with van der Waals surface area (Å²) in [7, 11) is 3.35. The van der Waals surface area contributed by atoms with Crippen molar-refractivity contribution in [3.8, 4) is 11.5 Å². The Morgan fingerprint density at radius 1 is 1.20 bits per heavy atom. The van der Waals surface area contributed by atoms with Crippen LogP contribution in [0.5, 0.6) is 11.5 Å². The number of nitrogens with zero attached hydrogens (tertiary/aromatic N) is 1. The molecule has 1 aromatic carbocycles. The molecule has 0 radical (unpaired) electrons. The van der Waals surface area contributed by atoms with Crippen molar-refractivity contribution in [3.05, 3.63) is 42.2 Å². The second kappa shape index (κ2) is 5.92. The zero-order valence-electron chi connectivity index (χ0n) is 11.3. The summed E-state index contributed by atoms with van der Waals surface area (Å²) < 4.78 is 5.67. The third kappa shape index (κ3) is 2.97. The Morgan fingerprint density at radius 3 is 2.60 bits per heavy atom. The van der Waals surface area contributed by atoms with Gasteiger partial charge < -0.3 is 21.1 Å². The molecule has 0 saturated carbocycles. The fourth-order valence-electron chi connectivity index (χ4n) is 1.69. The first-order chi connectivity index (χ1) is 9.63. The van der Waals surface area contributed by atoms with Crippen LogP contribution in [-0.4, -0.2) is 25.0 Å². The Balaban J connectivity index is 2.21. The number of nitrogen functional groups attached to an aromatic ring is 1. The summed E-state index contributed by atoms with van der Waals surface area (Å²) in [6.45, 7) is 0. The molecule has 2 rings (SSSR count). The van der Waals surface area contributed by atoms with Gasteiger partial charge in [0.05, 0.1) is 11.4 Å². The average molecular weight is 272 g/mol. The van der Waals surface area contributed by atoms with Crippen molar-refractivity contribution in [2.24, 2.45) is 0 Å². The maximum Gasteiger partial charge on any atom is 0.269 e. The fourth-order valence-corrected chi connectivity index (χ4v) is 1.69. The topological polar surface area (TPSA) is 89.3 Å². The van der Waals surface area contributed by atoms with Crippen molar-refractivity contribution in [1.82, 2.24) is 10.3 Å². The van der Waals surface area contributed by atoms with Crippen LogP contribution in [0.15, 0.2) is 36.5 Å². The van der Waals surface area contributed by atoms with Gasteiger partial charge in [0.25, 0.3) is 5.91 Å². The van der Waals surface area contributed by atoms with Crippen LogP contribution in [0, 0.1) is 0 Å². The molecule has 2 aromatic rings. The van der Waals surface area contributed by atoms with Crippen molar-refractivity contribution in [2.45, 2.75) is 0 Å². The Hall–Kier alpha value is -2.76. The quantitative estimate of drug-likeness (QED) is 0.739. The lowest BCUT2D eigenvalue weighted by Crippen LogP contribution is -2.18. The SMILES string of the molecule is CNC(=O)c1cc(Oc2ccc(NC)c(N)c2)ccn1. The van der Waals surface area contributed by atoms with E-state index in [0.29, 0.717) is 22.9 Å². The van der Waals surface area contributed by atoms with E-state index in [4.69, 9.17) is 10.5 Å². The van der Waals surface area contributed by atoms with E-state index < -0.39 is 0 Å². The number of amides is 1. The average Bonchev–Trinajstić information content (AvgIpc) is 2.47. The first-order valence-electron chi connectivity index (χ1n) is 6.07. The fraction of sp³-hybridized carbons (Fsp3) is 0.143. The molecule has 104 valence electrons. The number of benzene rings is 1. The molecule has 6 heteroatoms. The molecule has 0 fully saturated rings. The van der Waals surface area contributed by atoms with Crippen LogP contribution in [-0.2, 0) is 0 Å². The standard InChI is InChI=1S/C14H16N4O2/c1-16-12-4-3-9(7-11(12)15)20-10-5-6-18-13(8-10)14(19)17-2/h3-8,16H,15H2,1-2H3,(H,17,19). The van der Waals surface area contributed by atoms with Gasteiger partial charge in [0.15, 0.2) is 0 Å². The second-order valence-electron chi connectivity index (χ2n) is 4.06. The normalized spacial score (nSPS) is 9.90. The van der Waals surface area contributed by atoms with E-state index in [1.54, 1.807) is 38.4 Å². The van der Waals surface area contributed by atoms with Crippen LogP contribution in [0.1, 0.15) is 10.5 Å². The minimum atomic E-state index is -0.263. The lowest BCUT2D eigenvalue weighted by molar-refractivity contribution is 0.0958. The van der Waals surface area contributed by atoms with Gasteiger partial charge in [0.1, 0.15) is 17.2 Å². The molecular formula is C14H16N4O2. The smallest absolute Gasteiger partial charge is 0.269 e. The monoisotopic (exact) mass is 272 g/mol. The summed E-state index contributed by atoms with van der Waals surface area (Å²) >= 11 is 0. The molecule has 20 heavy (non-hydrogen) atoms. The molecule has 1 heterocycles. The van der Waals surface area contributed by atoms with E-state index in [1.807, 2.05) is 6.07 Å². The minimum Gasteiger partial charge on any atom is -0.457 e. The number of hydrogen-bond donors (Lipinski definition) is 3. The van der Waals surface area contributed by atoms with E-state index in [9.17, 15) is 4.79 Å². The number of pyridine rings is 1. The molecule has 1 amide bonds. The van der Waals surface area contributed by atoms with Crippen LogP contribution >= 0.6 is 0 Å². The van der Waals surface area contributed by atoms with Crippen molar-refractivity contribution < 1.29 is 9.53 Å². The van der Waals surface area contributed by atoms with Gasteiger partial charge in [-0.1, -0.05) is 0 Å². The summed E-state index contributed by atoms with van der Waals surface area (Å²) in [6, 6.07) is 8.58. The number of aromatic nitrogens is 1. The number of rotatable bonds is 4. The molecule has 0 aliphatic rings. The largest absolute Gasteiger partial charge is 0.457 e. The molecule has 4 N–H and O–H groups in total. The van der Waals surface area contributed by atoms with E-state index in [0.717, 1.165) is 5.69 Å². The highest BCUT2D eigenvalue weighted by Gasteiger charge is 2.07. The number of carbonyl (C=O) groups excluding carboxylic acids is 1. The van der Waals surface area contributed by atoms with Gasteiger partial charge in [0.2, 0.25) is 0 Å². The van der Waals surface area contributed by atoms with E-state index in [2.05, 4.69) is 15.6 Å².